The summed E-state index contributed by atoms with van der Waals surface area (Å²) in [4.78, 5) is 12.2. The fourth-order valence-electron chi connectivity index (χ4n) is 2.50. The van der Waals surface area contributed by atoms with Gasteiger partial charge in [0.25, 0.3) is 5.91 Å². The molecule has 1 amide bonds. The Labute approximate surface area is 174 Å². The summed E-state index contributed by atoms with van der Waals surface area (Å²) in [6.07, 6.45) is 0.860. The minimum Gasteiger partial charge on any atom is -0.481 e. The largest absolute Gasteiger partial charge is 0.481 e. The highest BCUT2D eigenvalue weighted by molar-refractivity contribution is 6.30. The van der Waals surface area contributed by atoms with Gasteiger partial charge in [0.2, 0.25) is 0 Å². The topological polar surface area (TPSA) is 59.9 Å². The Kier molecular flexibility index (Phi) is 6.87. The highest BCUT2D eigenvalue weighted by Gasteiger charge is 2.15. The van der Waals surface area contributed by atoms with E-state index in [1.165, 1.54) is 0 Å². The quantitative estimate of drug-likeness (QED) is 0.423. The van der Waals surface area contributed by atoms with Crippen LogP contribution in [0.15, 0.2) is 77.9 Å². The van der Waals surface area contributed by atoms with E-state index < -0.39 is 6.10 Å². The average molecular weight is 409 g/mol. The average Bonchev–Trinajstić information content (AvgIpc) is 2.72. The van der Waals surface area contributed by atoms with Crippen molar-refractivity contribution in [3.05, 3.63) is 88.9 Å². The van der Waals surface area contributed by atoms with Crippen LogP contribution in [0.5, 0.6) is 17.2 Å². The first-order valence-corrected chi connectivity index (χ1v) is 9.48. The zero-order chi connectivity index (χ0) is 20.6. The van der Waals surface area contributed by atoms with Gasteiger partial charge in [-0.2, -0.15) is 5.10 Å². The predicted molar refractivity (Wildman–Crippen MR) is 115 cm³/mol. The molecule has 0 radical (unpaired) electrons. The zero-order valence-electron chi connectivity index (χ0n) is 16.1. The number of carbonyl (C=O) groups is 1. The van der Waals surface area contributed by atoms with E-state index in [0.717, 1.165) is 22.6 Å². The number of halogens is 1. The molecule has 0 heterocycles. The number of ether oxygens (including phenoxy) is 2. The Balaban J connectivity index is 1.51. The molecule has 3 rings (SSSR count). The van der Waals surface area contributed by atoms with Gasteiger partial charge in [0, 0.05) is 5.02 Å². The molecule has 1 atom stereocenters. The summed E-state index contributed by atoms with van der Waals surface area (Å²) < 4.78 is 11.4. The third-order valence-electron chi connectivity index (χ3n) is 4.06. The zero-order valence-corrected chi connectivity index (χ0v) is 16.9. The summed E-state index contributed by atoms with van der Waals surface area (Å²) in [6.45, 7) is 3.53. The van der Waals surface area contributed by atoms with E-state index >= 15 is 0 Å². The van der Waals surface area contributed by atoms with Crippen molar-refractivity contribution in [2.24, 2.45) is 5.10 Å². The van der Waals surface area contributed by atoms with Crippen LogP contribution in [0.1, 0.15) is 18.1 Å². The molecule has 5 nitrogen and oxygen atoms in total. The number of amides is 1. The molecular formula is C23H21ClN2O3. The van der Waals surface area contributed by atoms with Gasteiger partial charge in [0.15, 0.2) is 6.10 Å². The van der Waals surface area contributed by atoms with Crippen LogP contribution < -0.4 is 14.9 Å². The van der Waals surface area contributed by atoms with Crippen molar-refractivity contribution < 1.29 is 14.3 Å². The van der Waals surface area contributed by atoms with Crippen LogP contribution >= 0.6 is 11.6 Å². The SMILES string of the molecule is Cc1cc(Cl)ccc1OC(C)C(=O)NN=Cc1ccc(Oc2ccccc2)cc1. The number of para-hydroxylation sites is 1. The number of rotatable bonds is 7. The number of nitrogens with one attached hydrogen (secondary N) is 1. The maximum absolute atomic E-state index is 12.2. The second kappa shape index (κ2) is 9.75. The van der Waals surface area contributed by atoms with Gasteiger partial charge >= 0.3 is 0 Å². The normalized spacial score (nSPS) is 11.8. The first-order valence-electron chi connectivity index (χ1n) is 9.10. The Bertz CT molecular complexity index is 989. The fourth-order valence-corrected chi connectivity index (χ4v) is 2.72. The number of hydrogen-bond donors (Lipinski definition) is 1. The van der Waals surface area contributed by atoms with Crippen LogP contribution in [0, 0.1) is 6.92 Å². The van der Waals surface area contributed by atoms with Crippen molar-refractivity contribution in [3.63, 3.8) is 0 Å². The van der Waals surface area contributed by atoms with Crippen LogP contribution in [0.25, 0.3) is 0 Å². The van der Waals surface area contributed by atoms with Gasteiger partial charge < -0.3 is 9.47 Å². The highest BCUT2D eigenvalue weighted by atomic mass is 35.5. The standard InChI is InChI=1S/C23H21ClN2O3/c1-16-14-19(24)10-13-22(16)28-17(2)23(27)26-25-15-18-8-11-21(12-9-18)29-20-6-4-3-5-7-20/h3-15,17H,1-2H3,(H,26,27). The Morgan fingerprint density at radius 3 is 2.41 bits per heavy atom. The van der Waals surface area contributed by atoms with E-state index in [4.69, 9.17) is 21.1 Å². The maximum atomic E-state index is 12.2. The van der Waals surface area contributed by atoms with Crippen molar-refractivity contribution in [3.8, 4) is 17.2 Å². The van der Waals surface area contributed by atoms with Gasteiger partial charge in [0.1, 0.15) is 17.2 Å². The molecule has 6 heteroatoms. The van der Waals surface area contributed by atoms with E-state index in [9.17, 15) is 4.79 Å². The summed E-state index contributed by atoms with van der Waals surface area (Å²) in [7, 11) is 0. The molecule has 3 aromatic rings. The first-order chi connectivity index (χ1) is 14.0. The Hall–Kier alpha value is -3.31. The summed E-state index contributed by atoms with van der Waals surface area (Å²) in [5, 5.41) is 4.61. The number of carbonyl (C=O) groups excluding carboxylic acids is 1. The van der Waals surface area contributed by atoms with Crippen molar-refractivity contribution in [2.45, 2.75) is 20.0 Å². The van der Waals surface area contributed by atoms with Crippen molar-refractivity contribution in [2.75, 3.05) is 0 Å². The summed E-state index contributed by atoms with van der Waals surface area (Å²) in [5.41, 5.74) is 4.17. The molecule has 0 bridgehead atoms. The third kappa shape index (κ3) is 6.09. The number of hydrazone groups is 1. The monoisotopic (exact) mass is 408 g/mol. The minimum absolute atomic E-state index is 0.348. The Morgan fingerprint density at radius 1 is 1.03 bits per heavy atom. The van der Waals surface area contributed by atoms with Crippen LogP contribution in [0.3, 0.4) is 0 Å². The molecule has 1 N–H and O–H groups in total. The molecule has 0 aliphatic rings. The number of hydrogen-bond acceptors (Lipinski definition) is 4. The minimum atomic E-state index is -0.700. The first kappa shape index (κ1) is 20.4. The fraction of sp³-hybridized carbons (Fsp3) is 0.130. The van der Waals surface area contributed by atoms with E-state index in [1.54, 1.807) is 31.3 Å². The van der Waals surface area contributed by atoms with Crippen molar-refractivity contribution in [1.29, 1.82) is 0 Å². The summed E-state index contributed by atoms with van der Waals surface area (Å²) in [5.74, 6) is 1.75. The molecule has 0 saturated heterocycles. The lowest BCUT2D eigenvalue weighted by molar-refractivity contribution is -0.127. The van der Waals surface area contributed by atoms with Crippen LogP contribution in [0.2, 0.25) is 5.02 Å². The van der Waals surface area contributed by atoms with Gasteiger partial charge in [-0.3, -0.25) is 4.79 Å². The van der Waals surface area contributed by atoms with Crippen LogP contribution in [-0.4, -0.2) is 18.2 Å². The van der Waals surface area contributed by atoms with E-state index in [2.05, 4.69) is 10.5 Å². The molecule has 0 saturated carbocycles. The van der Waals surface area contributed by atoms with Gasteiger partial charge in [-0.05, 0) is 79.6 Å². The van der Waals surface area contributed by atoms with Gasteiger partial charge in [0.05, 0.1) is 6.21 Å². The lowest BCUT2D eigenvalue weighted by Gasteiger charge is -2.14. The smallest absolute Gasteiger partial charge is 0.280 e. The summed E-state index contributed by atoms with van der Waals surface area (Å²) >= 11 is 5.93. The predicted octanol–water partition coefficient (Wildman–Crippen LogP) is 5.36. The van der Waals surface area contributed by atoms with Crippen molar-refractivity contribution in [1.82, 2.24) is 5.43 Å². The summed E-state index contributed by atoms with van der Waals surface area (Å²) in [6, 6.07) is 22.2. The molecule has 0 fully saturated rings. The van der Waals surface area contributed by atoms with Gasteiger partial charge in [-0.1, -0.05) is 29.8 Å². The number of aryl methyl sites for hydroxylation is 1. The molecule has 1 unspecified atom stereocenters. The molecule has 0 spiro atoms. The second-order valence-corrected chi connectivity index (χ2v) is 6.82. The third-order valence-corrected chi connectivity index (χ3v) is 4.29. The van der Waals surface area contributed by atoms with Gasteiger partial charge in [-0.25, -0.2) is 5.43 Å². The molecule has 3 aromatic carbocycles. The number of benzene rings is 3. The lowest BCUT2D eigenvalue weighted by Crippen LogP contribution is -2.33. The van der Waals surface area contributed by atoms with E-state index in [1.807, 2.05) is 61.5 Å². The molecule has 0 aromatic heterocycles. The maximum Gasteiger partial charge on any atom is 0.280 e. The van der Waals surface area contributed by atoms with Crippen LogP contribution in [0.4, 0.5) is 0 Å². The molecule has 0 aliphatic carbocycles. The molecular weight excluding hydrogens is 388 g/mol. The molecule has 148 valence electrons. The molecule has 0 aliphatic heterocycles. The lowest BCUT2D eigenvalue weighted by atomic mass is 10.2. The van der Waals surface area contributed by atoms with E-state index in [-0.39, 0.29) is 5.91 Å². The Morgan fingerprint density at radius 2 is 1.72 bits per heavy atom. The number of nitrogens with zero attached hydrogens (tertiary/aromatic N) is 1. The second-order valence-electron chi connectivity index (χ2n) is 6.39. The molecule has 29 heavy (non-hydrogen) atoms. The van der Waals surface area contributed by atoms with Gasteiger partial charge in [-0.15, -0.1) is 0 Å². The van der Waals surface area contributed by atoms with Crippen molar-refractivity contribution >= 4 is 23.7 Å². The van der Waals surface area contributed by atoms with Crippen LogP contribution in [-0.2, 0) is 4.79 Å². The highest BCUT2D eigenvalue weighted by Crippen LogP contribution is 2.23. The van der Waals surface area contributed by atoms with E-state index in [0.29, 0.717) is 10.8 Å².